The Balaban J connectivity index is 1.65. The standard InChI is InChI=1S/C23H21BrN8O/c1-2-6-19-18(22-26-23(33)29-32(22)20(13-24)25-19)12-14-9-10-16(15-7-4-3-5-8-15)17(11-14)21-27-30-31-28-21/h3-5,7-11H,2,6,12-13H2,1H3,(H,29,33)(H,27,28,30,31). The summed E-state index contributed by atoms with van der Waals surface area (Å²) >= 11 is 3.47. The maximum Gasteiger partial charge on any atom is 0.362 e. The zero-order valence-electron chi connectivity index (χ0n) is 17.9. The molecule has 33 heavy (non-hydrogen) atoms. The van der Waals surface area contributed by atoms with Crippen molar-refractivity contribution in [3.63, 3.8) is 0 Å². The van der Waals surface area contributed by atoms with Crippen LogP contribution in [0.2, 0.25) is 0 Å². The number of nitrogens with one attached hydrogen (secondary N) is 2. The molecule has 0 unspecified atom stereocenters. The van der Waals surface area contributed by atoms with Crippen LogP contribution in [0.15, 0.2) is 53.3 Å². The van der Waals surface area contributed by atoms with Crippen LogP contribution >= 0.6 is 15.9 Å². The molecular formula is C23H21BrN8O. The molecule has 9 nitrogen and oxygen atoms in total. The van der Waals surface area contributed by atoms with Crippen LogP contribution in [0.4, 0.5) is 0 Å². The SMILES string of the molecule is CCCc1nc(CBr)n2[nH]c(=O)nc2c1Cc1ccc(-c2ccccc2)c(-c2nn[nH]n2)c1. The van der Waals surface area contributed by atoms with E-state index < -0.39 is 0 Å². The lowest BCUT2D eigenvalue weighted by molar-refractivity contribution is 0.784. The Kier molecular flexibility index (Phi) is 5.82. The summed E-state index contributed by atoms with van der Waals surface area (Å²) in [6, 6.07) is 16.3. The van der Waals surface area contributed by atoms with E-state index in [-0.39, 0.29) is 5.69 Å². The van der Waals surface area contributed by atoms with Crippen molar-refractivity contribution in [2.45, 2.75) is 31.5 Å². The third-order valence-corrected chi connectivity index (χ3v) is 6.01. The normalized spacial score (nSPS) is 11.3. The third-order valence-electron chi connectivity index (χ3n) is 5.51. The van der Waals surface area contributed by atoms with E-state index in [1.165, 1.54) is 0 Å². The summed E-state index contributed by atoms with van der Waals surface area (Å²) in [5.74, 6) is 1.25. The largest absolute Gasteiger partial charge is 0.362 e. The van der Waals surface area contributed by atoms with Crippen LogP contribution in [0, 0.1) is 0 Å². The molecule has 166 valence electrons. The number of aromatic nitrogens is 8. The molecule has 0 amide bonds. The molecule has 2 N–H and O–H groups in total. The van der Waals surface area contributed by atoms with Gasteiger partial charge in [-0.05, 0) is 34.4 Å². The molecule has 0 aliphatic rings. The van der Waals surface area contributed by atoms with Gasteiger partial charge in [0, 0.05) is 23.2 Å². The highest BCUT2D eigenvalue weighted by atomic mass is 79.9. The first-order chi connectivity index (χ1) is 16.2. The molecule has 0 atom stereocenters. The number of aryl methyl sites for hydroxylation is 1. The Morgan fingerprint density at radius 2 is 1.91 bits per heavy atom. The second-order valence-electron chi connectivity index (χ2n) is 7.68. The van der Waals surface area contributed by atoms with Crippen LogP contribution in [-0.4, -0.2) is 40.2 Å². The molecule has 0 spiro atoms. The zero-order valence-corrected chi connectivity index (χ0v) is 19.5. The number of H-pyrrole nitrogens is 2. The topological polar surface area (TPSA) is 118 Å². The van der Waals surface area contributed by atoms with Crippen molar-refractivity contribution >= 4 is 21.6 Å². The Labute approximate surface area is 197 Å². The molecule has 0 aliphatic carbocycles. The summed E-state index contributed by atoms with van der Waals surface area (Å²) in [7, 11) is 0. The van der Waals surface area contributed by atoms with Crippen molar-refractivity contribution in [1.82, 2.24) is 40.2 Å². The van der Waals surface area contributed by atoms with Crippen molar-refractivity contribution in [3.8, 4) is 22.5 Å². The molecule has 2 aromatic carbocycles. The van der Waals surface area contributed by atoms with E-state index in [0.717, 1.165) is 52.2 Å². The lowest BCUT2D eigenvalue weighted by atomic mass is 9.94. The van der Waals surface area contributed by atoms with Gasteiger partial charge in [0.25, 0.3) is 0 Å². The number of halogens is 1. The third kappa shape index (κ3) is 4.09. The van der Waals surface area contributed by atoms with E-state index in [4.69, 9.17) is 4.98 Å². The minimum atomic E-state index is -0.388. The number of tetrazole rings is 1. The summed E-state index contributed by atoms with van der Waals surface area (Å²) in [6.07, 6.45) is 2.30. The predicted molar refractivity (Wildman–Crippen MR) is 128 cm³/mol. The van der Waals surface area contributed by atoms with Gasteiger partial charge < -0.3 is 0 Å². The molecule has 0 bridgehead atoms. The first kappa shape index (κ1) is 21.2. The molecule has 0 aliphatic heterocycles. The van der Waals surface area contributed by atoms with Crippen LogP contribution in [0.1, 0.15) is 36.0 Å². The van der Waals surface area contributed by atoms with Crippen LogP contribution in [0.25, 0.3) is 28.2 Å². The maximum atomic E-state index is 12.1. The van der Waals surface area contributed by atoms with E-state index in [1.807, 2.05) is 18.2 Å². The van der Waals surface area contributed by atoms with Crippen molar-refractivity contribution in [2.75, 3.05) is 0 Å². The first-order valence-corrected chi connectivity index (χ1v) is 11.8. The van der Waals surface area contributed by atoms with Crippen molar-refractivity contribution in [2.24, 2.45) is 0 Å². The van der Waals surface area contributed by atoms with Gasteiger partial charge >= 0.3 is 5.69 Å². The zero-order chi connectivity index (χ0) is 22.8. The van der Waals surface area contributed by atoms with Gasteiger partial charge in [-0.3, -0.25) is 0 Å². The summed E-state index contributed by atoms with van der Waals surface area (Å²) in [6.45, 7) is 2.11. The Morgan fingerprint density at radius 1 is 1.06 bits per heavy atom. The van der Waals surface area contributed by atoms with Gasteiger partial charge in [0.15, 0.2) is 5.65 Å². The van der Waals surface area contributed by atoms with Crippen LogP contribution in [0.3, 0.4) is 0 Å². The Bertz CT molecular complexity index is 1460. The second kappa shape index (κ2) is 9.07. The van der Waals surface area contributed by atoms with E-state index in [0.29, 0.717) is 23.2 Å². The molecule has 0 fully saturated rings. The number of aromatic amines is 2. The fourth-order valence-corrected chi connectivity index (χ4v) is 4.44. The number of benzene rings is 2. The van der Waals surface area contributed by atoms with E-state index in [1.54, 1.807) is 4.52 Å². The van der Waals surface area contributed by atoms with E-state index in [9.17, 15) is 4.79 Å². The van der Waals surface area contributed by atoms with Gasteiger partial charge in [0.2, 0.25) is 5.82 Å². The first-order valence-electron chi connectivity index (χ1n) is 10.7. The van der Waals surface area contributed by atoms with E-state index in [2.05, 4.69) is 83.9 Å². The smallest absolute Gasteiger partial charge is 0.244 e. The number of hydrogen-bond donors (Lipinski definition) is 2. The number of rotatable bonds is 7. The van der Waals surface area contributed by atoms with Gasteiger partial charge in [-0.2, -0.15) is 10.2 Å². The number of fused-ring (bicyclic) bond motifs is 1. The van der Waals surface area contributed by atoms with Crippen molar-refractivity contribution in [3.05, 3.63) is 81.7 Å². The summed E-state index contributed by atoms with van der Waals surface area (Å²) < 4.78 is 1.67. The summed E-state index contributed by atoms with van der Waals surface area (Å²) in [4.78, 5) is 21.2. The van der Waals surface area contributed by atoms with Gasteiger partial charge in [0.05, 0.1) is 5.33 Å². The number of hydrogen-bond acceptors (Lipinski definition) is 6. The Morgan fingerprint density at radius 3 is 2.64 bits per heavy atom. The quantitative estimate of drug-likeness (QED) is 0.326. The van der Waals surface area contributed by atoms with Crippen molar-refractivity contribution < 1.29 is 0 Å². The van der Waals surface area contributed by atoms with Gasteiger partial charge in [-0.25, -0.2) is 19.4 Å². The lowest BCUT2D eigenvalue weighted by Crippen LogP contribution is -2.10. The van der Waals surface area contributed by atoms with Gasteiger partial charge in [-0.1, -0.05) is 71.7 Å². The van der Waals surface area contributed by atoms with Crippen LogP contribution in [-0.2, 0) is 18.2 Å². The molecule has 5 rings (SSSR count). The van der Waals surface area contributed by atoms with Crippen molar-refractivity contribution in [1.29, 1.82) is 0 Å². The molecule has 0 radical (unpaired) electrons. The molecule has 0 saturated carbocycles. The second-order valence-corrected chi connectivity index (χ2v) is 8.24. The molecular weight excluding hydrogens is 484 g/mol. The predicted octanol–water partition coefficient (Wildman–Crippen LogP) is 3.70. The van der Waals surface area contributed by atoms with Gasteiger partial charge in [-0.15, -0.1) is 10.2 Å². The van der Waals surface area contributed by atoms with Crippen LogP contribution in [0.5, 0.6) is 0 Å². The number of alkyl halides is 1. The monoisotopic (exact) mass is 504 g/mol. The molecule has 3 aromatic heterocycles. The fourth-order valence-electron chi connectivity index (χ4n) is 4.06. The summed E-state index contributed by atoms with van der Waals surface area (Å²) in [5, 5.41) is 18.0. The molecule has 3 heterocycles. The average molecular weight is 505 g/mol. The lowest BCUT2D eigenvalue weighted by Gasteiger charge is -2.14. The highest BCUT2D eigenvalue weighted by Crippen LogP contribution is 2.32. The average Bonchev–Trinajstić information content (AvgIpc) is 3.51. The van der Waals surface area contributed by atoms with Crippen LogP contribution < -0.4 is 5.69 Å². The highest BCUT2D eigenvalue weighted by molar-refractivity contribution is 9.08. The fraction of sp³-hybridized carbons (Fsp3) is 0.217. The summed E-state index contributed by atoms with van der Waals surface area (Å²) in [5.41, 5.74) is 6.12. The molecule has 0 saturated heterocycles. The highest BCUT2D eigenvalue weighted by Gasteiger charge is 2.18. The Hall–Kier alpha value is -3.66. The molecule has 5 aromatic rings. The van der Waals surface area contributed by atoms with E-state index >= 15 is 0 Å². The minimum absolute atomic E-state index is 0.388. The number of nitrogens with zero attached hydrogens (tertiary/aromatic N) is 6. The molecule has 10 heteroatoms. The minimum Gasteiger partial charge on any atom is -0.244 e. The maximum absolute atomic E-state index is 12.1. The van der Waals surface area contributed by atoms with Gasteiger partial charge in [0.1, 0.15) is 5.82 Å².